The Morgan fingerprint density at radius 2 is 1.55 bits per heavy atom. The Hall–Kier alpha value is -4.25. The molecule has 3 aromatic rings. The molecule has 2 amide bonds. The molecule has 3 aliphatic heterocycles. The van der Waals surface area contributed by atoms with Gasteiger partial charge in [-0.1, -0.05) is 17.7 Å². The van der Waals surface area contributed by atoms with E-state index in [2.05, 4.69) is 9.80 Å². The number of hydrogen-bond donors (Lipinski definition) is 0. The summed E-state index contributed by atoms with van der Waals surface area (Å²) in [6.07, 6.45) is 0.109. The van der Waals surface area contributed by atoms with Crippen molar-refractivity contribution in [3.8, 4) is 11.5 Å². The third-order valence-electron chi connectivity index (χ3n) is 7.68. The number of anilines is 1. The minimum Gasteiger partial charge on any atom is -0.454 e. The summed E-state index contributed by atoms with van der Waals surface area (Å²) >= 11 is 5.84. The van der Waals surface area contributed by atoms with Crippen LogP contribution >= 0.6 is 11.6 Å². The summed E-state index contributed by atoms with van der Waals surface area (Å²) in [5, 5.41) is 0.501. The number of rotatable bonds is 8. The van der Waals surface area contributed by atoms with Crippen LogP contribution in [0.3, 0.4) is 0 Å². The highest BCUT2D eigenvalue weighted by Crippen LogP contribution is 2.33. The number of esters is 1. The summed E-state index contributed by atoms with van der Waals surface area (Å²) in [6.45, 7) is 3.46. The van der Waals surface area contributed by atoms with E-state index < -0.39 is 18.6 Å². The molecule has 216 valence electrons. The first-order chi connectivity index (χ1) is 20.4. The van der Waals surface area contributed by atoms with Crippen molar-refractivity contribution in [3.63, 3.8) is 0 Å². The van der Waals surface area contributed by atoms with Crippen LogP contribution in [0, 0.1) is 0 Å². The lowest BCUT2D eigenvalue weighted by Gasteiger charge is -2.37. The zero-order chi connectivity index (χ0) is 29.2. The number of imide groups is 1. The molecule has 0 spiro atoms. The fourth-order valence-corrected chi connectivity index (χ4v) is 5.51. The second-order valence-electron chi connectivity index (χ2n) is 10.3. The molecule has 1 unspecified atom stereocenters. The Morgan fingerprint density at radius 3 is 2.29 bits per heavy atom. The summed E-state index contributed by atoms with van der Waals surface area (Å²) in [5.41, 5.74) is 2.11. The van der Waals surface area contributed by atoms with Crippen LogP contribution in [0.5, 0.6) is 11.5 Å². The summed E-state index contributed by atoms with van der Waals surface area (Å²) < 4.78 is 16.0. The lowest BCUT2D eigenvalue weighted by atomic mass is 10.1. The van der Waals surface area contributed by atoms with Crippen molar-refractivity contribution >= 4 is 40.9 Å². The summed E-state index contributed by atoms with van der Waals surface area (Å²) in [4.78, 5) is 56.6. The molecule has 6 rings (SSSR count). The fourth-order valence-electron chi connectivity index (χ4n) is 5.38. The van der Waals surface area contributed by atoms with Gasteiger partial charge in [0.15, 0.2) is 23.9 Å². The van der Waals surface area contributed by atoms with Gasteiger partial charge in [-0.2, -0.15) is 0 Å². The van der Waals surface area contributed by atoms with E-state index in [1.54, 1.807) is 36.4 Å². The van der Waals surface area contributed by atoms with Crippen molar-refractivity contribution in [2.45, 2.75) is 19.0 Å². The van der Waals surface area contributed by atoms with E-state index in [1.165, 1.54) is 17.0 Å². The Balaban J connectivity index is 1.01. The summed E-state index contributed by atoms with van der Waals surface area (Å²) in [5.74, 6) is -0.0711. The molecule has 10 nitrogen and oxygen atoms in total. The molecular formula is C31H28ClN3O7. The number of fused-ring (bicyclic) bond motifs is 1. The van der Waals surface area contributed by atoms with Gasteiger partial charge < -0.3 is 14.2 Å². The van der Waals surface area contributed by atoms with Crippen LogP contribution < -0.4 is 14.4 Å². The third kappa shape index (κ3) is 5.87. The van der Waals surface area contributed by atoms with Gasteiger partial charge in [-0.25, -0.2) is 9.69 Å². The number of amides is 2. The first-order valence-corrected chi connectivity index (χ1v) is 14.0. The molecule has 2 fully saturated rings. The topological polar surface area (TPSA) is 106 Å². The smallest absolute Gasteiger partial charge is 0.338 e. The number of ether oxygens (including phenoxy) is 3. The molecule has 0 aliphatic carbocycles. The van der Waals surface area contributed by atoms with E-state index >= 15 is 0 Å². The lowest BCUT2D eigenvalue weighted by Crippen LogP contribution is -2.52. The number of carbonyl (C=O) groups is 4. The van der Waals surface area contributed by atoms with Crippen LogP contribution in [0.1, 0.15) is 32.7 Å². The number of hydrogen-bond acceptors (Lipinski definition) is 9. The van der Waals surface area contributed by atoms with Gasteiger partial charge in [0.25, 0.3) is 5.91 Å². The quantitative estimate of drug-likeness (QED) is 0.221. The molecule has 3 aliphatic rings. The van der Waals surface area contributed by atoms with E-state index in [9.17, 15) is 19.2 Å². The Morgan fingerprint density at radius 1 is 0.857 bits per heavy atom. The monoisotopic (exact) mass is 589 g/mol. The Kier molecular flexibility index (Phi) is 7.92. The number of Topliss-reactive ketones (excluding diaryl/α,β-unsaturated/α-hetero) is 1. The highest BCUT2D eigenvalue weighted by atomic mass is 35.5. The van der Waals surface area contributed by atoms with Crippen molar-refractivity contribution < 1.29 is 33.4 Å². The number of benzene rings is 3. The Bertz CT molecular complexity index is 1520. The van der Waals surface area contributed by atoms with Gasteiger partial charge in [-0.05, 0) is 66.2 Å². The maximum absolute atomic E-state index is 13.3. The van der Waals surface area contributed by atoms with Crippen LogP contribution in [0.4, 0.5) is 5.69 Å². The van der Waals surface area contributed by atoms with Crippen LogP contribution in [0.25, 0.3) is 0 Å². The van der Waals surface area contributed by atoms with Gasteiger partial charge in [0.2, 0.25) is 12.7 Å². The van der Waals surface area contributed by atoms with Gasteiger partial charge >= 0.3 is 5.97 Å². The lowest BCUT2D eigenvalue weighted by molar-refractivity contribution is -0.123. The van der Waals surface area contributed by atoms with Crippen LogP contribution in [-0.2, 0) is 20.9 Å². The van der Waals surface area contributed by atoms with Gasteiger partial charge in [0.05, 0.1) is 23.7 Å². The number of piperazine rings is 1. The molecule has 0 aromatic heterocycles. The van der Waals surface area contributed by atoms with Gasteiger partial charge in [0.1, 0.15) is 0 Å². The van der Waals surface area contributed by atoms with Gasteiger partial charge in [0, 0.05) is 43.3 Å². The largest absolute Gasteiger partial charge is 0.454 e. The average Bonchev–Trinajstić information content (AvgIpc) is 3.59. The zero-order valence-corrected chi connectivity index (χ0v) is 23.4. The maximum Gasteiger partial charge on any atom is 0.338 e. The third-order valence-corrected chi connectivity index (χ3v) is 7.93. The van der Waals surface area contributed by atoms with Crippen molar-refractivity contribution in [2.75, 3.05) is 44.5 Å². The van der Waals surface area contributed by atoms with Gasteiger partial charge in [-0.3, -0.25) is 24.2 Å². The molecule has 2 saturated heterocycles. The predicted octanol–water partition coefficient (Wildman–Crippen LogP) is 3.56. The van der Waals surface area contributed by atoms with Crippen molar-refractivity contribution in [3.05, 3.63) is 88.4 Å². The highest BCUT2D eigenvalue weighted by molar-refractivity contribution is 6.30. The normalized spacial score (nSPS) is 18.9. The molecule has 0 radical (unpaired) electrons. The average molecular weight is 590 g/mol. The molecule has 3 heterocycles. The molecule has 42 heavy (non-hydrogen) atoms. The van der Waals surface area contributed by atoms with E-state index in [1.807, 2.05) is 18.2 Å². The molecule has 1 atom stereocenters. The highest BCUT2D eigenvalue weighted by Gasteiger charge is 2.43. The van der Waals surface area contributed by atoms with E-state index in [0.29, 0.717) is 29.4 Å². The van der Waals surface area contributed by atoms with Crippen molar-refractivity contribution in [2.24, 2.45) is 0 Å². The fraction of sp³-hybridized carbons (Fsp3) is 0.290. The first kappa shape index (κ1) is 27.9. The number of ketones is 1. The molecule has 0 bridgehead atoms. The standard InChI is InChI=1S/C31H28ClN3O7/c32-23-6-2-21(3-7-23)26(36)18-40-31(39)22-4-8-24(9-5-22)35-29(37)16-25(30(35)38)34-13-11-33(12-14-34)17-20-1-10-27-28(15-20)42-19-41-27/h1-10,15,25H,11-14,16-19H2. The minimum atomic E-state index is -0.681. The predicted molar refractivity (Wildman–Crippen MR) is 153 cm³/mol. The van der Waals surface area contributed by atoms with Crippen LogP contribution in [-0.4, -0.2) is 79.0 Å². The summed E-state index contributed by atoms with van der Waals surface area (Å²) in [7, 11) is 0. The number of nitrogens with zero attached hydrogens (tertiary/aromatic N) is 3. The van der Waals surface area contributed by atoms with Crippen molar-refractivity contribution in [1.82, 2.24) is 9.80 Å². The molecule has 0 N–H and O–H groups in total. The second-order valence-corrected chi connectivity index (χ2v) is 10.8. The number of carbonyl (C=O) groups excluding carboxylic acids is 4. The molecule has 3 aromatic carbocycles. The minimum absolute atomic E-state index is 0.109. The van der Waals surface area contributed by atoms with Crippen molar-refractivity contribution in [1.29, 1.82) is 0 Å². The maximum atomic E-state index is 13.3. The number of halogens is 1. The van der Waals surface area contributed by atoms with Crippen LogP contribution in [0.15, 0.2) is 66.7 Å². The van der Waals surface area contributed by atoms with Gasteiger partial charge in [-0.15, -0.1) is 0 Å². The van der Waals surface area contributed by atoms with Crippen LogP contribution in [0.2, 0.25) is 5.02 Å². The SMILES string of the molecule is O=C(COC(=O)c1ccc(N2C(=O)CC(N3CCN(Cc4ccc5c(c4)OCO5)CC3)C2=O)cc1)c1ccc(Cl)cc1. The molecular weight excluding hydrogens is 562 g/mol. The van der Waals surface area contributed by atoms with E-state index in [4.69, 9.17) is 25.8 Å². The second kappa shape index (κ2) is 11.9. The Labute approximate surface area is 247 Å². The summed E-state index contributed by atoms with van der Waals surface area (Å²) in [6, 6.07) is 17.8. The molecule has 0 saturated carbocycles. The zero-order valence-electron chi connectivity index (χ0n) is 22.7. The molecule has 11 heteroatoms. The van der Waals surface area contributed by atoms with E-state index in [0.717, 1.165) is 36.7 Å². The first-order valence-electron chi connectivity index (χ1n) is 13.6. The van der Waals surface area contributed by atoms with E-state index in [-0.39, 0.29) is 36.4 Å².